The number of H-pyrrole nitrogens is 1. The molecular weight excluding hydrogens is 246 g/mol. The van der Waals surface area contributed by atoms with Crippen molar-refractivity contribution in [2.45, 2.75) is 25.9 Å². The molecule has 1 unspecified atom stereocenters. The topological polar surface area (TPSA) is 80.2 Å². The van der Waals surface area contributed by atoms with Crippen LogP contribution in [0.1, 0.15) is 41.3 Å². The molecule has 0 spiro atoms. The number of ether oxygens (including phenoxy) is 1. The Morgan fingerprint density at radius 2 is 2.47 bits per heavy atom. The highest BCUT2D eigenvalue weighted by atomic mass is 16.5. The number of hydrogen-bond donors (Lipinski definition) is 2. The van der Waals surface area contributed by atoms with Gasteiger partial charge in [-0.1, -0.05) is 6.92 Å². The summed E-state index contributed by atoms with van der Waals surface area (Å²) < 4.78 is 9.93. The molecule has 0 aliphatic carbocycles. The van der Waals surface area contributed by atoms with Gasteiger partial charge in [0.15, 0.2) is 0 Å². The fraction of sp³-hybridized carbons (Fsp3) is 0.385. The number of aromatic nitrogens is 2. The van der Waals surface area contributed by atoms with E-state index in [-0.39, 0.29) is 6.04 Å². The molecule has 6 nitrogen and oxygen atoms in total. The molecule has 0 aliphatic heterocycles. The first-order valence-corrected chi connectivity index (χ1v) is 6.13. The van der Waals surface area contributed by atoms with Gasteiger partial charge in [-0.05, 0) is 12.5 Å². The number of methoxy groups -OCH3 is 1. The molecule has 2 aromatic rings. The summed E-state index contributed by atoms with van der Waals surface area (Å²) in [6.45, 7) is 2.60. The third-order valence-corrected chi connectivity index (χ3v) is 2.86. The van der Waals surface area contributed by atoms with Crippen LogP contribution in [0.4, 0.5) is 0 Å². The van der Waals surface area contributed by atoms with Gasteiger partial charge in [-0.3, -0.25) is 0 Å². The van der Waals surface area contributed by atoms with Crippen molar-refractivity contribution in [2.24, 2.45) is 0 Å². The standard InChI is InChI=1S/C13H17N3O3/c1-3-11(12-14-4-5-15-12)16-7-10-6-9(8-19-10)13(17)18-2/h4-6,8,11,16H,3,7H2,1-2H3,(H,14,15). The van der Waals surface area contributed by atoms with Crippen molar-refractivity contribution in [1.29, 1.82) is 0 Å². The average molecular weight is 263 g/mol. The van der Waals surface area contributed by atoms with Gasteiger partial charge in [-0.15, -0.1) is 0 Å². The Hall–Kier alpha value is -2.08. The molecule has 6 heteroatoms. The molecule has 102 valence electrons. The maximum atomic E-state index is 11.3. The van der Waals surface area contributed by atoms with Crippen molar-refractivity contribution < 1.29 is 13.9 Å². The number of esters is 1. The number of nitrogens with zero attached hydrogens (tertiary/aromatic N) is 1. The molecule has 1 atom stereocenters. The number of nitrogens with one attached hydrogen (secondary N) is 2. The third kappa shape index (κ3) is 3.23. The molecule has 0 fully saturated rings. The first-order chi connectivity index (χ1) is 9.24. The minimum absolute atomic E-state index is 0.127. The maximum absolute atomic E-state index is 11.3. The number of aromatic amines is 1. The Kier molecular flexibility index (Phi) is 4.35. The van der Waals surface area contributed by atoms with Gasteiger partial charge >= 0.3 is 5.97 Å². The zero-order chi connectivity index (χ0) is 13.7. The Balaban J connectivity index is 1.94. The lowest BCUT2D eigenvalue weighted by atomic mass is 10.2. The van der Waals surface area contributed by atoms with E-state index in [1.54, 1.807) is 18.5 Å². The Morgan fingerprint density at radius 1 is 1.63 bits per heavy atom. The highest BCUT2D eigenvalue weighted by Crippen LogP contribution is 2.14. The van der Waals surface area contributed by atoms with E-state index in [9.17, 15) is 4.79 Å². The highest BCUT2D eigenvalue weighted by Gasteiger charge is 2.13. The maximum Gasteiger partial charge on any atom is 0.341 e. The van der Waals surface area contributed by atoms with E-state index in [4.69, 9.17) is 4.42 Å². The van der Waals surface area contributed by atoms with Crippen LogP contribution in [-0.2, 0) is 11.3 Å². The van der Waals surface area contributed by atoms with Gasteiger partial charge in [-0.25, -0.2) is 9.78 Å². The highest BCUT2D eigenvalue weighted by molar-refractivity contribution is 5.88. The summed E-state index contributed by atoms with van der Waals surface area (Å²) in [6, 6.07) is 1.80. The molecule has 0 aliphatic rings. The molecule has 0 radical (unpaired) electrons. The van der Waals surface area contributed by atoms with Crippen molar-refractivity contribution in [2.75, 3.05) is 7.11 Å². The minimum atomic E-state index is -0.395. The summed E-state index contributed by atoms with van der Waals surface area (Å²) in [5.41, 5.74) is 0.422. The van der Waals surface area contributed by atoms with E-state index < -0.39 is 5.97 Å². The van der Waals surface area contributed by atoms with Crippen LogP contribution in [-0.4, -0.2) is 23.0 Å². The second kappa shape index (κ2) is 6.19. The smallest absolute Gasteiger partial charge is 0.341 e. The molecule has 2 N–H and O–H groups in total. The minimum Gasteiger partial charge on any atom is -0.467 e. The first kappa shape index (κ1) is 13.4. The van der Waals surface area contributed by atoms with Crippen molar-refractivity contribution >= 4 is 5.97 Å². The lowest BCUT2D eigenvalue weighted by Gasteiger charge is -2.13. The normalized spacial score (nSPS) is 12.3. The lowest BCUT2D eigenvalue weighted by Crippen LogP contribution is -2.21. The molecule has 0 bridgehead atoms. The summed E-state index contributed by atoms with van der Waals surface area (Å²) in [7, 11) is 1.34. The SMILES string of the molecule is CCC(NCc1cc(C(=O)OC)co1)c1ncc[nH]1. The number of imidazole rings is 1. The largest absolute Gasteiger partial charge is 0.467 e. The summed E-state index contributed by atoms with van der Waals surface area (Å²) >= 11 is 0. The van der Waals surface area contributed by atoms with Crippen LogP contribution in [0.2, 0.25) is 0 Å². The Bertz CT molecular complexity index is 519. The van der Waals surface area contributed by atoms with Crippen molar-refractivity contribution in [3.05, 3.63) is 41.9 Å². The molecular formula is C13H17N3O3. The van der Waals surface area contributed by atoms with E-state index in [1.165, 1.54) is 13.4 Å². The monoisotopic (exact) mass is 263 g/mol. The molecule has 0 saturated carbocycles. The zero-order valence-corrected chi connectivity index (χ0v) is 11.0. The quantitative estimate of drug-likeness (QED) is 0.779. The summed E-state index contributed by atoms with van der Waals surface area (Å²) in [4.78, 5) is 18.6. The molecule has 2 rings (SSSR count). The van der Waals surface area contributed by atoms with Crippen LogP contribution < -0.4 is 5.32 Å². The molecule has 0 amide bonds. The number of carbonyl (C=O) groups is 1. The van der Waals surface area contributed by atoms with Crippen LogP contribution in [0, 0.1) is 0 Å². The van der Waals surface area contributed by atoms with Crippen LogP contribution >= 0.6 is 0 Å². The third-order valence-electron chi connectivity index (χ3n) is 2.86. The molecule has 0 saturated heterocycles. The summed E-state index contributed by atoms with van der Waals surface area (Å²) in [5.74, 6) is 1.18. The van der Waals surface area contributed by atoms with Gasteiger partial charge in [0, 0.05) is 12.4 Å². The van der Waals surface area contributed by atoms with Gasteiger partial charge in [0.05, 0.1) is 25.3 Å². The Morgan fingerprint density at radius 3 is 3.11 bits per heavy atom. The van der Waals surface area contributed by atoms with Crippen molar-refractivity contribution in [3.8, 4) is 0 Å². The predicted octanol–water partition coefficient (Wildman–Crippen LogP) is 2.03. The lowest BCUT2D eigenvalue weighted by molar-refractivity contribution is 0.0600. The zero-order valence-electron chi connectivity index (χ0n) is 11.0. The van der Waals surface area contributed by atoms with E-state index >= 15 is 0 Å². The molecule has 0 aromatic carbocycles. The Labute approximate surface area is 111 Å². The number of rotatable bonds is 6. The second-order valence-electron chi connectivity index (χ2n) is 4.11. The van der Waals surface area contributed by atoms with Gasteiger partial charge < -0.3 is 19.5 Å². The van der Waals surface area contributed by atoms with E-state index in [0.717, 1.165) is 12.2 Å². The predicted molar refractivity (Wildman–Crippen MR) is 68.5 cm³/mol. The van der Waals surface area contributed by atoms with Gasteiger partial charge in [-0.2, -0.15) is 0 Å². The fourth-order valence-electron chi connectivity index (χ4n) is 1.82. The average Bonchev–Trinajstić information content (AvgIpc) is 3.09. The second-order valence-corrected chi connectivity index (χ2v) is 4.11. The van der Waals surface area contributed by atoms with Crippen LogP contribution in [0.3, 0.4) is 0 Å². The molecule has 19 heavy (non-hydrogen) atoms. The van der Waals surface area contributed by atoms with Gasteiger partial charge in [0.1, 0.15) is 17.8 Å². The van der Waals surface area contributed by atoms with Crippen molar-refractivity contribution in [3.63, 3.8) is 0 Å². The van der Waals surface area contributed by atoms with E-state index in [1.807, 2.05) is 0 Å². The van der Waals surface area contributed by atoms with E-state index in [0.29, 0.717) is 17.9 Å². The van der Waals surface area contributed by atoms with Gasteiger partial charge in [0.25, 0.3) is 0 Å². The van der Waals surface area contributed by atoms with Crippen molar-refractivity contribution in [1.82, 2.24) is 15.3 Å². The summed E-state index contributed by atoms with van der Waals surface area (Å²) in [6.07, 6.45) is 5.82. The number of hydrogen-bond acceptors (Lipinski definition) is 5. The number of carbonyl (C=O) groups excluding carboxylic acids is 1. The van der Waals surface area contributed by atoms with Gasteiger partial charge in [0.2, 0.25) is 0 Å². The molecule has 2 heterocycles. The number of furan rings is 1. The fourth-order valence-corrected chi connectivity index (χ4v) is 1.82. The molecule has 2 aromatic heterocycles. The van der Waals surface area contributed by atoms with Crippen LogP contribution in [0.5, 0.6) is 0 Å². The summed E-state index contributed by atoms with van der Waals surface area (Å²) in [5, 5.41) is 3.32. The van der Waals surface area contributed by atoms with Crippen LogP contribution in [0.15, 0.2) is 29.1 Å². The van der Waals surface area contributed by atoms with E-state index in [2.05, 4.69) is 26.9 Å². The first-order valence-electron chi connectivity index (χ1n) is 6.13. The van der Waals surface area contributed by atoms with Crippen LogP contribution in [0.25, 0.3) is 0 Å².